The van der Waals surface area contributed by atoms with Crippen molar-refractivity contribution < 1.29 is 18.3 Å². The number of benzene rings is 1. The second-order valence-corrected chi connectivity index (χ2v) is 10.1. The zero-order chi connectivity index (χ0) is 28.7. The molecule has 1 fully saturated rings. The highest BCUT2D eigenvalue weighted by atomic mass is 35.5. The number of nitrogen functional groups attached to an aromatic ring is 1. The summed E-state index contributed by atoms with van der Waals surface area (Å²) in [4.78, 5) is 15.0. The van der Waals surface area contributed by atoms with Gasteiger partial charge in [-0.15, -0.1) is 0 Å². The molecule has 4 aromatic heterocycles. The monoisotopic (exact) mass is 578 g/mol. The van der Waals surface area contributed by atoms with E-state index in [4.69, 9.17) is 32.5 Å². The second kappa shape index (κ2) is 10.5. The third-order valence-corrected chi connectivity index (χ3v) is 7.33. The molecule has 6 rings (SSSR count). The third-order valence-electron chi connectivity index (χ3n) is 7.12. The Morgan fingerprint density at radius 2 is 1.90 bits per heavy atom. The van der Waals surface area contributed by atoms with Crippen LogP contribution >= 0.6 is 11.6 Å². The smallest absolute Gasteiger partial charge is 0.221 e. The van der Waals surface area contributed by atoms with E-state index in [1.54, 1.807) is 30.5 Å². The number of ether oxygens (including phenoxy) is 2. The summed E-state index contributed by atoms with van der Waals surface area (Å²) in [6.07, 6.45) is 4.31. The Morgan fingerprint density at radius 1 is 1.05 bits per heavy atom. The van der Waals surface area contributed by atoms with Crippen molar-refractivity contribution in [2.24, 2.45) is 5.73 Å². The van der Waals surface area contributed by atoms with Crippen LogP contribution in [-0.2, 0) is 5.54 Å². The van der Waals surface area contributed by atoms with Crippen LogP contribution in [0.15, 0.2) is 61.1 Å². The molecule has 210 valence electrons. The van der Waals surface area contributed by atoms with E-state index in [2.05, 4.69) is 20.1 Å². The zero-order valence-electron chi connectivity index (χ0n) is 21.9. The predicted molar refractivity (Wildman–Crippen MR) is 150 cm³/mol. The summed E-state index contributed by atoms with van der Waals surface area (Å²) in [6, 6.07) is 12.3. The van der Waals surface area contributed by atoms with E-state index in [9.17, 15) is 4.39 Å². The molecule has 1 aliphatic heterocycles. The summed E-state index contributed by atoms with van der Waals surface area (Å²) < 4.78 is 42.4. The number of hydrogen-bond acceptors (Lipinski definition) is 9. The molecular weight excluding hydrogens is 554 g/mol. The Morgan fingerprint density at radius 3 is 2.71 bits per heavy atom. The molecular formula is C28H25ClF2N8O2. The van der Waals surface area contributed by atoms with Crippen LogP contribution in [0.3, 0.4) is 0 Å². The molecule has 0 amide bonds. The highest BCUT2D eigenvalue weighted by molar-refractivity contribution is 6.29. The first-order chi connectivity index (χ1) is 19.8. The average Bonchev–Trinajstić information content (AvgIpc) is 3.38. The topological polar surface area (TPSA) is 130 Å². The molecule has 5 heterocycles. The average molecular weight is 579 g/mol. The highest BCUT2D eigenvalue weighted by Crippen LogP contribution is 2.40. The number of fused-ring (bicyclic) bond motifs is 1. The molecule has 0 radical (unpaired) electrons. The van der Waals surface area contributed by atoms with Crippen LogP contribution < -0.4 is 25.8 Å². The molecule has 5 aromatic rings. The molecule has 0 spiro atoms. The number of halogens is 3. The first-order valence-corrected chi connectivity index (χ1v) is 13.1. The van der Waals surface area contributed by atoms with Gasteiger partial charge in [-0.3, -0.25) is 4.98 Å². The van der Waals surface area contributed by atoms with E-state index in [0.717, 1.165) is 18.6 Å². The number of aromatic nitrogens is 5. The number of nitrogens with zero attached hydrogens (tertiary/aromatic N) is 6. The van der Waals surface area contributed by atoms with Crippen LogP contribution in [0.5, 0.6) is 17.4 Å². The highest BCUT2D eigenvalue weighted by Gasteiger charge is 2.36. The van der Waals surface area contributed by atoms with Gasteiger partial charge in [-0.05, 0) is 37.1 Å². The summed E-state index contributed by atoms with van der Waals surface area (Å²) in [5.41, 5.74) is 14.0. The van der Waals surface area contributed by atoms with Crippen molar-refractivity contribution in [3.8, 4) is 28.6 Å². The van der Waals surface area contributed by atoms with Crippen molar-refractivity contribution in [2.75, 3.05) is 30.8 Å². The molecule has 0 bridgehead atoms. The van der Waals surface area contributed by atoms with Gasteiger partial charge in [0.15, 0.2) is 23.1 Å². The molecule has 0 unspecified atom stereocenters. The van der Waals surface area contributed by atoms with E-state index in [0.29, 0.717) is 53.2 Å². The lowest BCUT2D eigenvalue weighted by atomic mass is 9.86. The van der Waals surface area contributed by atoms with Crippen molar-refractivity contribution in [2.45, 2.75) is 18.4 Å². The van der Waals surface area contributed by atoms with Gasteiger partial charge in [-0.25, -0.2) is 18.7 Å². The van der Waals surface area contributed by atoms with Gasteiger partial charge in [0.25, 0.3) is 0 Å². The van der Waals surface area contributed by atoms with Crippen molar-refractivity contribution in [1.29, 1.82) is 0 Å². The maximum absolute atomic E-state index is 15.0. The van der Waals surface area contributed by atoms with Crippen LogP contribution in [0, 0.1) is 11.6 Å². The molecule has 1 saturated heterocycles. The molecule has 1 aromatic carbocycles. The molecule has 1 aliphatic rings. The van der Waals surface area contributed by atoms with Gasteiger partial charge in [-0.2, -0.15) is 9.61 Å². The SMILES string of the molecule is COc1cc(F)c(-c2cc(Oc3ccc4c(N)ncnn34)c(N3CCC[C@](N)(c4cccc(Cl)n4)C3)cn2)cc1F. The molecule has 4 N–H and O–H groups in total. The maximum atomic E-state index is 15.0. The fourth-order valence-corrected chi connectivity index (χ4v) is 5.24. The zero-order valence-corrected chi connectivity index (χ0v) is 22.6. The van der Waals surface area contributed by atoms with E-state index >= 15 is 4.39 Å². The standard InChI is InChI=1S/C28H25ClF2N8O2/c1-40-22-11-17(30)16(10-18(22)31)19-12-23(41-26-7-6-20-27(32)35-15-36-39(20)26)21(13-34-19)38-9-3-8-28(33,14-38)24-4-2-5-25(29)37-24/h2,4-7,10-13,15H,3,8-9,14,33H2,1H3,(H2,32,35,36)/t28-/m1/s1. The molecule has 13 heteroatoms. The van der Waals surface area contributed by atoms with Crippen molar-refractivity contribution >= 4 is 28.6 Å². The Bertz CT molecular complexity index is 1770. The van der Waals surface area contributed by atoms with E-state index in [-0.39, 0.29) is 22.8 Å². The van der Waals surface area contributed by atoms with E-state index in [1.807, 2.05) is 17.0 Å². The minimum atomic E-state index is -0.798. The summed E-state index contributed by atoms with van der Waals surface area (Å²) in [6.45, 7) is 1.03. The summed E-state index contributed by atoms with van der Waals surface area (Å²) in [5.74, 6) is -0.695. The maximum Gasteiger partial charge on any atom is 0.221 e. The number of nitrogens with two attached hydrogens (primary N) is 2. The number of methoxy groups -OCH3 is 1. The van der Waals surface area contributed by atoms with Crippen LogP contribution in [0.2, 0.25) is 5.15 Å². The fraction of sp³-hybridized carbons (Fsp3) is 0.214. The molecule has 10 nitrogen and oxygen atoms in total. The van der Waals surface area contributed by atoms with Crippen molar-refractivity contribution in [3.05, 3.63) is 83.5 Å². The van der Waals surface area contributed by atoms with E-state index in [1.165, 1.54) is 18.0 Å². The second-order valence-electron chi connectivity index (χ2n) is 9.75. The number of hydrogen-bond donors (Lipinski definition) is 2. The minimum Gasteiger partial charge on any atom is -0.494 e. The number of anilines is 2. The minimum absolute atomic E-state index is 0.0544. The van der Waals surface area contributed by atoms with E-state index < -0.39 is 17.2 Å². The number of piperidine rings is 1. The van der Waals surface area contributed by atoms with Crippen LogP contribution in [0.25, 0.3) is 16.8 Å². The van der Waals surface area contributed by atoms with Crippen LogP contribution in [0.1, 0.15) is 18.5 Å². The molecule has 0 saturated carbocycles. The lowest BCUT2D eigenvalue weighted by Gasteiger charge is -2.41. The Kier molecular flexibility index (Phi) is 6.80. The Hall–Kier alpha value is -4.55. The van der Waals surface area contributed by atoms with Crippen molar-refractivity contribution in [3.63, 3.8) is 0 Å². The molecule has 1 atom stereocenters. The number of rotatable bonds is 6. The summed E-state index contributed by atoms with van der Waals surface area (Å²) in [7, 11) is 1.27. The van der Waals surface area contributed by atoms with Crippen molar-refractivity contribution in [1.82, 2.24) is 24.6 Å². The predicted octanol–water partition coefficient (Wildman–Crippen LogP) is 4.96. The normalized spacial score (nSPS) is 17.1. The van der Waals surface area contributed by atoms with Gasteiger partial charge in [-0.1, -0.05) is 17.7 Å². The largest absolute Gasteiger partial charge is 0.494 e. The van der Waals surface area contributed by atoms with Crippen LogP contribution in [-0.4, -0.2) is 44.8 Å². The van der Waals surface area contributed by atoms with Gasteiger partial charge in [0.2, 0.25) is 5.88 Å². The molecule has 0 aliphatic carbocycles. The van der Waals surface area contributed by atoms with Gasteiger partial charge >= 0.3 is 0 Å². The van der Waals surface area contributed by atoms with Gasteiger partial charge < -0.3 is 25.8 Å². The van der Waals surface area contributed by atoms with Crippen LogP contribution in [0.4, 0.5) is 20.3 Å². The first kappa shape index (κ1) is 26.7. The first-order valence-electron chi connectivity index (χ1n) is 12.7. The lowest BCUT2D eigenvalue weighted by molar-refractivity contribution is 0.343. The lowest BCUT2D eigenvalue weighted by Crippen LogP contribution is -2.52. The fourth-order valence-electron chi connectivity index (χ4n) is 5.08. The Balaban J connectivity index is 1.44. The Labute approximate surface area is 238 Å². The number of pyridine rings is 2. The summed E-state index contributed by atoms with van der Waals surface area (Å²) in [5, 5.41) is 4.60. The third kappa shape index (κ3) is 4.96. The summed E-state index contributed by atoms with van der Waals surface area (Å²) >= 11 is 6.16. The quantitative estimate of drug-likeness (QED) is 0.269. The molecule has 41 heavy (non-hydrogen) atoms. The van der Waals surface area contributed by atoms with Gasteiger partial charge in [0.05, 0.1) is 35.9 Å². The van der Waals surface area contributed by atoms with Gasteiger partial charge in [0.1, 0.15) is 22.8 Å². The van der Waals surface area contributed by atoms with Gasteiger partial charge in [0, 0.05) is 36.9 Å².